The second-order valence-corrected chi connectivity index (χ2v) is 10.2. The number of nitrogens with two attached hydrogens (primary N) is 1. The summed E-state index contributed by atoms with van der Waals surface area (Å²) in [7, 11) is -1.98. The molecule has 0 bridgehead atoms. The number of carbonyl (C=O) groups excluding carboxylic acids is 1. The summed E-state index contributed by atoms with van der Waals surface area (Å²) in [6.45, 7) is 3.41. The Hall–Kier alpha value is -2.26. The molecular formula is C19H23N3O4S2. The number of hydrogen-bond acceptors (Lipinski definition) is 6. The molecule has 28 heavy (non-hydrogen) atoms. The minimum atomic E-state index is -3.87. The number of primary amides is 1. The SMILES string of the molecule is CC1CCc2c(sc(NS(=O)(=O)c3ccc4c(c3)N(C)CCO4)c2C(N)=O)C1. The molecule has 1 aliphatic carbocycles. The van der Waals surface area contributed by atoms with Gasteiger partial charge in [-0.2, -0.15) is 0 Å². The van der Waals surface area contributed by atoms with E-state index in [9.17, 15) is 13.2 Å². The van der Waals surface area contributed by atoms with E-state index < -0.39 is 15.9 Å². The fourth-order valence-electron chi connectivity index (χ4n) is 3.76. The molecule has 4 rings (SSSR count). The summed E-state index contributed by atoms with van der Waals surface area (Å²) in [4.78, 5) is 15.2. The minimum Gasteiger partial charge on any atom is -0.490 e. The van der Waals surface area contributed by atoms with Crippen LogP contribution in [0.3, 0.4) is 0 Å². The van der Waals surface area contributed by atoms with E-state index in [1.807, 2.05) is 11.9 Å². The van der Waals surface area contributed by atoms with Crippen LogP contribution in [0.2, 0.25) is 0 Å². The van der Waals surface area contributed by atoms with Crippen molar-refractivity contribution >= 4 is 38.0 Å². The highest BCUT2D eigenvalue weighted by Crippen LogP contribution is 2.41. The maximum absolute atomic E-state index is 13.0. The third kappa shape index (κ3) is 3.33. The van der Waals surface area contributed by atoms with E-state index >= 15 is 0 Å². The van der Waals surface area contributed by atoms with Gasteiger partial charge in [-0.25, -0.2) is 8.42 Å². The number of amides is 1. The number of ether oxygens (including phenoxy) is 1. The van der Waals surface area contributed by atoms with E-state index in [2.05, 4.69) is 11.6 Å². The molecule has 0 radical (unpaired) electrons. The van der Waals surface area contributed by atoms with Gasteiger partial charge >= 0.3 is 0 Å². The highest BCUT2D eigenvalue weighted by Gasteiger charge is 2.29. The molecule has 3 N–H and O–H groups in total. The summed E-state index contributed by atoms with van der Waals surface area (Å²) < 4.78 is 34.2. The molecule has 2 aliphatic rings. The van der Waals surface area contributed by atoms with Crippen LogP contribution in [0.25, 0.3) is 0 Å². The number of carbonyl (C=O) groups is 1. The molecule has 1 unspecified atom stereocenters. The Morgan fingerprint density at radius 1 is 1.39 bits per heavy atom. The van der Waals surface area contributed by atoms with Gasteiger partial charge in [-0.1, -0.05) is 6.92 Å². The molecule has 1 atom stereocenters. The van der Waals surface area contributed by atoms with Crippen molar-refractivity contribution in [1.82, 2.24) is 0 Å². The number of nitrogens with one attached hydrogen (secondary N) is 1. The van der Waals surface area contributed by atoms with Gasteiger partial charge in [0.2, 0.25) is 0 Å². The van der Waals surface area contributed by atoms with Crippen molar-refractivity contribution in [3.8, 4) is 5.75 Å². The molecule has 0 saturated carbocycles. The van der Waals surface area contributed by atoms with E-state index in [0.29, 0.717) is 35.4 Å². The molecule has 2 heterocycles. The maximum Gasteiger partial charge on any atom is 0.262 e. The van der Waals surface area contributed by atoms with Crippen LogP contribution in [0, 0.1) is 5.92 Å². The van der Waals surface area contributed by atoms with Gasteiger partial charge in [-0.15, -0.1) is 11.3 Å². The maximum atomic E-state index is 13.0. The average molecular weight is 422 g/mol. The van der Waals surface area contributed by atoms with Gasteiger partial charge in [0.05, 0.1) is 22.7 Å². The molecule has 9 heteroatoms. The molecule has 0 fully saturated rings. The second-order valence-electron chi connectivity index (χ2n) is 7.43. The number of benzene rings is 1. The highest BCUT2D eigenvalue weighted by molar-refractivity contribution is 7.93. The molecule has 7 nitrogen and oxygen atoms in total. The van der Waals surface area contributed by atoms with Crippen LogP contribution in [0.1, 0.15) is 34.1 Å². The quantitative estimate of drug-likeness (QED) is 0.790. The van der Waals surface area contributed by atoms with Crippen molar-refractivity contribution in [2.75, 3.05) is 29.8 Å². The van der Waals surface area contributed by atoms with Crippen molar-refractivity contribution in [1.29, 1.82) is 0 Å². The molecule has 1 aromatic heterocycles. The third-order valence-corrected chi connectivity index (χ3v) is 7.97. The Morgan fingerprint density at radius 2 is 2.18 bits per heavy atom. The second kappa shape index (κ2) is 6.97. The molecule has 2 aromatic rings. The van der Waals surface area contributed by atoms with Crippen LogP contribution in [0.15, 0.2) is 23.1 Å². The zero-order valence-corrected chi connectivity index (χ0v) is 17.5. The van der Waals surface area contributed by atoms with Gasteiger partial charge in [0.25, 0.3) is 15.9 Å². The largest absolute Gasteiger partial charge is 0.490 e. The first-order chi connectivity index (χ1) is 13.3. The highest BCUT2D eigenvalue weighted by atomic mass is 32.2. The van der Waals surface area contributed by atoms with E-state index in [-0.39, 0.29) is 4.90 Å². The van der Waals surface area contributed by atoms with Gasteiger partial charge in [0.1, 0.15) is 17.4 Å². The Morgan fingerprint density at radius 3 is 2.93 bits per heavy atom. The van der Waals surface area contributed by atoms with Crippen LogP contribution < -0.4 is 20.1 Å². The first kappa shape index (κ1) is 19.1. The van der Waals surface area contributed by atoms with E-state index in [0.717, 1.165) is 35.4 Å². The number of sulfonamides is 1. The predicted octanol–water partition coefficient (Wildman–Crippen LogP) is 2.60. The van der Waals surface area contributed by atoms with E-state index in [1.165, 1.54) is 17.4 Å². The van der Waals surface area contributed by atoms with Crippen molar-refractivity contribution in [2.24, 2.45) is 11.7 Å². The Kier molecular flexibility index (Phi) is 4.75. The Bertz CT molecular complexity index is 1050. The first-order valence-electron chi connectivity index (χ1n) is 9.21. The van der Waals surface area contributed by atoms with Crippen LogP contribution in [0.5, 0.6) is 5.75 Å². The number of fused-ring (bicyclic) bond motifs is 2. The lowest BCUT2D eigenvalue weighted by Gasteiger charge is -2.28. The Labute approximate surface area is 168 Å². The normalized spacial score (nSPS) is 18.8. The van der Waals surface area contributed by atoms with Crippen LogP contribution >= 0.6 is 11.3 Å². The van der Waals surface area contributed by atoms with Gasteiger partial charge in [-0.3, -0.25) is 9.52 Å². The number of thiophene rings is 1. The molecule has 1 aromatic carbocycles. The third-order valence-electron chi connectivity index (χ3n) is 5.32. The summed E-state index contributed by atoms with van der Waals surface area (Å²) in [6.07, 6.45) is 2.55. The zero-order chi connectivity index (χ0) is 20.1. The number of rotatable bonds is 4. The van der Waals surface area contributed by atoms with Crippen LogP contribution in [-0.2, 0) is 22.9 Å². The summed E-state index contributed by atoms with van der Waals surface area (Å²) in [5.41, 5.74) is 7.53. The smallest absolute Gasteiger partial charge is 0.262 e. The first-order valence-corrected chi connectivity index (χ1v) is 11.5. The molecule has 150 valence electrons. The van der Waals surface area contributed by atoms with Gasteiger partial charge < -0.3 is 15.4 Å². The fourth-order valence-corrected chi connectivity index (χ4v) is 6.50. The van der Waals surface area contributed by atoms with Crippen molar-refractivity contribution in [3.05, 3.63) is 34.2 Å². The average Bonchev–Trinajstić information content (AvgIpc) is 2.98. The van der Waals surface area contributed by atoms with E-state index in [4.69, 9.17) is 10.5 Å². The Balaban J connectivity index is 1.71. The molecule has 0 spiro atoms. The molecular weight excluding hydrogens is 398 g/mol. The monoisotopic (exact) mass is 421 g/mol. The summed E-state index contributed by atoms with van der Waals surface area (Å²) in [5, 5.41) is 0.314. The number of hydrogen-bond donors (Lipinski definition) is 2. The number of nitrogens with zero attached hydrogens (tertiary/aromatic N) is 1. The molecule has 0 saturated heterocycles. The predicted molar refractivity (Wildman–Crippen MR) is 110 cm³/mol. The fraction of sp³-hybridized carbons (Fsp3) is 0.421. The van der Waals surface area contributed by atoms with Gasteiger partial charge in [0, 0.05) is 11.9 Å². The number of likely N-dealkylation sites (N-methyl/N-ethyl adjacent to an activating group) is 1. The summed E-state index contributed by atoms with van der Waals surface area (Å²) >= 11 is 1.32. The lowest BCUT2D eigenvalue weighted by Crippen LogP contribution is -2.29. The van der Waals surface area contributed by atoms with Crippen LogP contribution in [0.4, 0.5) is 10.7 Å². The lowest BCUT2D eigenvalue weighted by atomic mass is 9.88. The van der Waals surface area contributed by atoms with Gasteiger partial charge in [0.15, 0.2) is 0 Å². The lowest BCUT2D eigenvalue weighted by molar-refractivity contribution is 0.100. The summed E-state index contributed by atoms with van der Waals surface area (Å²) in [6, 6.07) is 4.77. The topological polar surface area (TPSA) is 102 Å². The number of anilines is 2. The summed E-state index contributed by atoms with van der Waals surface area (Å²) in [5.74, 6) is 0.571. The zero-order valence-electron chi connectivity index (χ0n) is 15.8. The molecule has 1 aliphatic heterocycles. The van der Waals surface area contributed by atoms with Crippen molar-refractivity contribution in [3.63, 3.8) is 0 Å². The van der Waals surface area contributed by atoms with E-state index in [1.54, 1.807) is 12.1 Å². The van der Waals surface area contributed by atoms with Crippen molar-refractivity contribution < 1.29 is 17.9 Å². The standard InChI is InChI=1S/C19H23N3O4S2/c1-11-3-5-13-16(9-11)27-19(17(13)18(20)23)21-28(24,25)12-4-6-15-14(10-12)22(2)7-8-26-15/h4,6,10-11,21H,3,5,7-9H2,1-2H3,(H2,20,23). The minimum absolute atomic E-state index is 0.124. The van der Waals surface area contributed by atoms with Crippen LogP contribution in [-0.4, -0.2) is 34.5 Å². The van der Waals surface area contributed by atoms with Gasteiger partial charge in [-0.05, 0) is 48.9 Å². The molecule has 1 amide bonds. The van der Waals surface area contributed by atoms with Crippen molar-refractivity contribution in [2.45, 2.75) is 31.1 Å².